The summed E-state index contributed by atoms with van der Waals surface area (Å²) < 4.78 is 1.65. The molecule has 20 heavy (non-hydrogen) atoms. The Morgan fingerprint density at radius 1 is 1.25 bits per heavy atom. The SMILES string of the molecule is Cn1nc(-c2cncs2)c(-c2ccc(Cl)c(Cl)c2)c1N. The molecule has 0 saturated heterocycles. The van der Waals surface area contributed by atoms with E-state index in [0.717, 1.165) is 21.7 Å². The van der Waals surface area contributed by atoms with Gasteiger partial charge >= 0.3 is 0 Å². The Hall–Kier alpha value is -1.56. The van der Waals surface area contributed by atoms with Gasteiger partial charge in [-0.15, -0.1) is 11.3 Å². The molecule has 0 aliphatic heterocycles. The Morgan fingerprint density at radius 2 is 2.05 bits per heavy atom. The molecule has 0 saturated carbocycles. The predicted molar refractivity (Wildman–Crippen MR) is 84.2 cm³/mol. The van der Waals surface area contributed by atoms with Crippen molar-refractivity contribution in [3.8, 4) is 21.7 Å². The number of benzene rings is 1. The van der Waals surface area contributed by atoms with Gasteiger partial charge in [0, 0.05) is 13.2 Å². The number of aryl methyl sites for hydroxylation is 1. The Kier molecular flexibility index (Phi) is 3.41. The number of hydrogen-bond acceptors (Lipinski definition) is 4. The second-order valence-corrected chi connectivity index (χ2v) is 5.93. The number of rotatable bonds is 2. The molecule has 7 heteroatoms. The number of aromatic nitrogens is 3. The minimum Gasteiger partial charge on any atom is -0.383 e. The number of nitrogens with zero attached hydrogens (tertiary/aromatic N) is 3. The topological polar surface area (TPSA) is 56.7 Å². The lowest BCUT2D eigenvalue weighted by Crippen LogP contribution is -1.97. The van der Waals surface area contributed by atoms with E-state index in [4.69, 9.17) is 28.9 Å². The van der Waals surface area contributed by atoms with Gasteiger partial charge in [0.1, 0.15) is 11.5 Å². The van der Waals surface area contributed by atoms with E-state index in [1.54, 1.807) is 35.6 Å². The Bertz CT molecular complexity index is 765. The highest BCUT2D eigenvalue weighted by molar-refractivity contribution is 7.13. The number of halogens is 2. The van der Waals surface area contributed by atoms with E-state index in [1.807, 2.05) is 6.07 Å². The van der Waals surface area contributed by atoms with Crippen LogP contribution in [-0.4, -0.2) is 14.8 Å². The molecule has 0 radical (unpaired) electrons. The van der Waals surface area contributed by atoms with Crippen LogP contribution in [0.5, 0.6) is 0 Å². The zero-order chi connectivity index (χ0) is 14.3. The smallest absolute Gasteiger partial charge is 0.129 e. The zero-order valence-corrected chi connectivity index (χ0v) is 12.8. The molecule has 2 N–H and O–H groups in total. The first-order valence-corrected chi connectivity index (χ1v) is 7.38. The minimum absolute atomic E-state index is 0.489. The fourth-order valence-corrected chi connectivity index (χ4v) is 2.89. The van der Waals surface area contributed by atoms with E-state index in [2.05, 4.69) is 10.1 Å². The van der Waals surface area contributed by atoms with Crippen LogP contribution in [0.3, 0.4) is 0 Å². The lowest BCUT2D eigenvalue weighted by Gasteiger charge is -2.04. The van der Waals surface area contributed by atoms with Gasteiger partial charge in [-0.25, -0.2) is 0 Å². The van der Waals surface area contributed by atoms with Gasteiger partial charge in [0.25, 0.3) is 0 Å². The molecule has 0 spiro atoms. The lowest BCUT2D eigenvalue weighted by atomic mass is 10.0. The maximum absolute atomic E-state index is 6.14. The molecule has 102 valence electrons. The van der Waals surface area contributed by atoms with Crippen LogP contribution in [0.15, 0.2) is 29.9 Å². The standard InChI is InChI=1S/C13H10Cl2N4S/c1-19-13(16)11(7-2-3-8(14)9(15)4-7)12(18-19)10-5-17-6-20-10/h2-6H,16H2,1H3. The molecule has 0 amide bonds. The summed E-state index contributed by atoms with van der Waals surface area (Å²) in [4.78, 5) is 5.04. The summed E-state index contributed by atoms with van der Waals surface area (Å²) in [5.74, 6) is 0.576. The normalized spacial score (nSPS) is 10.9. The Balaban J connectivity index is 2.25. The Labute approximate surface area is 129 Å². The third kappa shape index (κ3) is 2.18. The average molecular weight is 325 g/mol. The molecule has 2 aromatic heterocycles. The maximum atomic E-state index is 6.14. The number of anilines is 1. The summed E-state index contributed by atoms with van der Waals surface area (Å²) in [7, 11) is 1.81. The van der Waals surface area contributed by atoms with Crippen LogP contribution in [0.2, 0.25) is 10.0 Å². The first-order chi connectivity index (χ1) is 9.58. The van der Waals surface area contributed by atoms with Crippen LogP contribution in [0.25, 0.3) is 21.7 Å². The van der Waals surface area contributed by atoms with Crippen LogP contribution >= 0.6 is 34.5 Å². The van der Waals surface area contributed by atoms with Gasteiger partial charge in [-0.1, -0.05) is 29.3 Å². The summed E-state index contributed by atoms with van der Waals surface area (Å²) in [6.45, 7) is 0. The molecule has 3 rings (SSSR count). The molecule has 0 bridgehead atoms. The van der Waals surface area contributed by atoms with E-state index in [-0.39, 0.29) is 0 Å². The molecular formula is C13H10Cl2N4S. The highest BCUT2D eigenvalue weighted by atomic mass is 35.5. The number of hydrogen-bond donors (Lipinski definition) is 1. The van der Waals surface area contributed by atoms with Crippen LogP contribution in [0, 0.1) is 0 Å². The fourth-order valence-electron chi connectivity index (χ4n) is 1.98. The van der Waals surface area contributed by atoms with Crippen molar-refractivity contribution in [1.29, 1.82) is 0 Å². The molecule has 1 aromatic carbocycles. The van der Waals surface area contributed by atoms with Crippen LogP contribution in [0.4, 0.5) is 5.82 Å². The monoisotopic (exact) mass is 324 g/mol. The molecule has 0 aliphatic rings. The van der Waals surface area contributed by atoms with E-state index in [0.29, 0.717) is 15.9 Å². The molecule has 2 heterocycles. The quantitative estimate of drug-likeness (QED) is 0.772. The minimum atomic E-state index is 0.489. The third-order valence-corrected chi connectivity index (χ3v) is 4.48. The van der Waals surface area contributed by atoms with E-state index in [1.165, 1.54) is 11.3 Å². The lowest BCUT2D eigenvalue weighted by molar-refractivity contribution is 0.783. The highest BCUT2D eigenvalue weighted by Gasteiger charge is 2.19. The van der Waals surface area contributed by atoms with Crippen molar-refractivity contribution in [3.63, 3.8) is 0 Å². The summed E-state index contributed by atoms with van der Waals surface area (Å²) in [6, 6.07) is 5.43. The number of thiazole rings is 1. The van der Waals surface area contributed by atoms with Crippen LogP contribution in [0.1, 0.15) is 0 Å². The molecule has 3 aromatic rings. The first-order valence-electron chi connectivity index (χ1n) is 5.74. The summed E-state index contributed by atoms with van der Waals surface area (Å²) >= 11 is 13.6. The molecule has 4 nitrogen and oxygen atoms in total. The third-order valence-electron chi connectivity index (χ3n) is 2.97. The van der Waals surface area contributed by atoms with Crippen molar-refractivity contribution in [3.05, 3.63) is 40.0 Å². The maximum Gasteiger partial charge on any atom is 0.129 e. The van der Waals surface area contributed by atoms with Crippen molar-refractivity contribution >= 4 is 40.4 Å². The van der Waals surface area contributed by atoms with E-state index < -0.39 is 0 Å². The molecule has 0 unspecified atom stereocenters. The van der Waals surface area contributed by atoms with Gasteiger partial charge in [-0.05, 0) is 17.7 Å². The van der Waals surface area contributed by atoms with Crippen molar-refractivity contribution in [2.45, 2.75) is 0 Å². The summed E-state index contributed by atoms with van der Waals surface area (Å²) in [5, 5.41) is 5.47. The Morgan fingerprint density at radius 3 is 2.70 bits per heavy atom. The first kappa shape index (κ1) is 13.4. The van der Waals surface area contributed by atoms with Gasteiger partial charge in [-0.2, -0.15) is 5.10 Å². The molecule has 0 fully saturated rings. The van der Waals surface area contributed by atoms with Crippen LogP contribution in [-0.2, 0) is 7.05 Å². The van der Waals surface area contributed by atoms with E-state index >= 15 is 0 Å². The summed E-state index contributed by atoms with van der Waals surface area (Å²) in [5.41, 5.74) is 10.4. The zero-order valence-electron chi connectivity index (χ0n) is 10.5. The molecular weight excluding hydrogens is 315 g/mol. The van der Waals surface area contributed by atoms with E-state index in [9.17, 15) is 0 Å². The van der Waals surface area contributed by atoms with Crippen molar-refractivity contribution in [1.82, 2.24) is 14.8 Å². The van der Waals surface area contributed by atoms with Gasteiger partial charge in [0.15, 0.2) is 0 Å². The predicted octanol–water partition coefficient (Wildman–Crippen LogP) is 4.10. The van der Waals surface area contributed by atoms with Crippen molar-refractivity contribution in [2.24, 2.45) is 7.05 Å². The molecule has 0 aliphatic carbocycles. The second-order valence-electron chi connectivity index (χ2n) is 4.23. The van der Waals surface area contributed by atoms with Crippen molar-refractivity contribution < 1.29 is 0 Å². The number of nitrogen functional groups attached to an aromatic ring is 1. The highest BCUT2D eigenvalue weighted by Crippen LogP contribution is 2.39. The average Bonchev–Trinajstić information content (AvgIpc) is 3.03. The van der Waals surface area contributed by atoms with Crippen LogP contribution < -0.4 is 5.73 Å². The van der Waals surface area contributed by atoms with Gasteiger partial charge in [0.05, 0.1) is 26.0 Å². The van der Waals surface area contributed by atoms with Gasteiger partial charge in [0.2, 0.25) is 0 Å². The van der Waals surface area contributed by atoms with Gasteiger partial charge < -0.3 is 5.73 Å². The summed E-state index contributed by atoms with van der Waals surface area (Å²) in [6.07, 6.45) is 1.77. The number of nitrogens with two attached hydrogens (primary N) is 1. The second kappa shape index (κ2) is 5.09. The van der Waals surface area contributed by atoms with Crippen molar-refractivity contribution in [2.75, 3.05) is 5.73 Å². The largest absolute Gasteiger partial charge is 0.383 e. The fraction of sp³-hybridized carbons (Fsp3) is 0.0769. The van der Waals surface area contributed by atoms with Gasteiger partial charge in [-0.3, -0.25) is 9.67 Å². The molecule has 0 atom stereocenters.